The number of nitrogens with one attached hydrogen (secondary N) is 1. The van der Waals surface area contributed by atoms with Crippen LogP contribution in [0, 0.1) is 0 Å². The van der Waals surface area contributed by atoms with E-state index in [0.717, 1.165) is 0 Å². The van der Waals surface area contributed by atoms with Gasteiger partial charge in [0.05, 0.1) is 12.5 Å². The molecule has 31 heavy (non-hydrogen) atoms. The summed E-state index contributed by atoms with van der Waals surface area (Å²) in [4.78, 5) is 24.0. The van der Waals surface area contributed by atoms with Crippen molar-refractivity contribution in [1.82, 2.24) is 5.43 Å². The molecule has 1 aliphatic heterocycles. The van der Waals surface area contributed by atoms with E-state index in [0.29, 0.717) is 28.6 Å². The van der Waals surface area contributed by atoms with Crippen LogP contribution in [0.2, 0.25) is 0 Å². The summed E-state index contributed by atoms with van der Waals surface area (Å²) in [6, 6.07) is 17.2. The Labute approximate surface area is 177 Å². The lowest BCUT2D eigenvalue weighted by Gasteiger charge is -2.24. The van der Waals surface area contributed by atoms with Crippen molar-refractivity contribution in [2.75, 3.05) is 6.61 Å². The number of fused-ring (bicyclic) bond motifs is 1. The standard InChI is InChI=1S/C23H18N2O6/c26-22(12-11-17-4-3-13-28-17)30-18-9-7-16(8-10-18)14-24-25-23(27)21-15-29-19-5-1-2-6-20(19)31-21/h1-14,21H,15H2,(H,25,27). The highest BCUT2D eigenvalue weighted by molar-refractivity contribution is 5.88. The summed E-state index contributed by atoms with van der Waals surface area (Å²) in [5, 5.41) is 3.93. The van der Waals surface area contributed by atoms with Gasteiger partial charge < -0.3 is 18.6 Å². The summed E-state index contributed by atoms with van der Waals surface area (Å²) in [6.07, 6.45) is 4.99. The van der Waals surface area contributed by atoms with E-state index >= 15 is 0 Å². The smallest absolute Gasteiger partial charge is 0.336 e. The van der Waals surface area contributed by atoms with Crippen LogP contribution in [0.1, 0.15) is 11.3 Å². The maximum Gasteiger partial charge on any atom is 0.336 e. The van der Waals surface area contributed by atoms with Crippen LogP contribution in [0.15, 0.2) is 82.5 Å². The summed E-state index contributed by atoms with van der Waals surface area (Å²) in [7, 11) is 0. The third-order valence-corrected chi connectivity index (χ3v) is 4.21. The Balaban J connectivity index is 1.26. The second-order valence-electron chi connectivity index (χ2n) is 6.44. The van der Waals surface area contributed by atoms with Gasteiger partial charge >= 0.3 is 5.97 Å². The Bertz CT molecular complexity index is 1100. The van der Waals surface area contributed by atoms with E-state index in [9.17, 15) is 9.59 Å². The average molecular weight is 418 g/mol. The normalized spacial score (nSPS) is 15.2. The fraction of sp³-hybridized carbons (Fsp3) is 0.0870. The van der Waals surface area contributed by atoms with Gasteiger partial charge in [-0.15, -0.1) is 0 Å². The molecule has 0 aliphatic carbocycles. The molecule has 1 aromatic heterocycles. The Morgan fingerprint density at radius 1 is 1.03 bits per heavy atom. The van der Waals surface area contributed by atoms with Gasteiger partial charge in [-0.2, -0.15) is 5.10 Å². The van der Waals surface area contributed by atoms with Crippen molar-refractivity contribution < 1.29 is 28.2 Å². The van der Waals surface area contributed by atoms with Gasteiger partial charge in [0.1, 0.15) is 18.1 Å². The maximum atomic E-state index is 12.2. The number of ether oxygens (including phenoxy) is 3. The highest BCUT2D eigenvalue weighted by atomic mass is 16.6. The molecule has 1 amide bonds. The van der Waals surface area contributed by atoms with Crippen molar-refractivity contribution in [2.45, 2.75) is 6.10 Å². The lowest BCUT2D eigenvalue weighted by molar-refractivity contribution is -0.130. The van der Waals surface area contributed by atoms with Gasteiger partial charge in [0, 0.05) is 6.08 Å². The molecule has 4 rings (SSSR count). The van der Waals surface area contributed by atoms with Crippen molar-refractivity contribution in [2.24, 2.45) is 5.10 Å². The van der Waals surface area contributed by atoms with Crippen LogP contribution >= 0.6 is 0 Å². The van der Waals surface area contributed by atoms with Crippen molar-refractivity contribution in [1.29, 1.82) is 0 Å². The first-order chi connectivity index (χ1) is 15.2. The average Bonchev–Trinajstić information content (AvgIpc) is 3.32. The molecule has 0 fully saturated rings. The van der Waals surface area contributed by atoms with E-state index in [1.807, 2.05) is 6.07 Å². The topological polar surface area (TPSA) is 99.4 Å². The minimum atomic E-state index is -0.789. The molecular formula is C23H18N2O6. The SMILES string of the molecule is O=C(C=Cc1ccco1)Oc1ccc(C=NNC(=O)C2COc3ccccc3O2)cc1. The number of amides is 1. The maximum absolute atomic E-state index is 12.2. The number of carbonyl (C=O) groups excluding carboxylic acids is 2. The number of furan rings is 1. The number of para-hydroxylation sites is 2. The first kappa shape index (κ1) is 20.0. The molecule has 3 aromatic rings. The molecule has 1 N–H and O–H groups in total. The van der Waals surface area contributed by atoms with Gasteiger partial charge in [-0.05, 0) is 60.2 Å². The quantitative estimate of drug-likeness (QED) is 0.217. The zero-order valence-electron chi connectivity index (χ0n) is 16.3. The molecule has 1 unspecified atom stereocenters. The Hall–Kier alpha value is -4.33. The van der Waals surface area contributed by atoms with Crippen LogP contribution < -0.4 is 19.6 Å². The molecule has 1 atom stereocenters. The molecule has 8 heteroatoms. The Morgan fingerprint density at radius 3 is 2.61 bits per heavy atom. The van der Waals surface area contributed by atoms with Gasteiger partial charge in [0.25, 0.3) is 5.91 Å². The third kappa shape index (κ3) is 5.39. The molecule has 156 valence electrons. The lowest BCUT2D eigenvalue weighted by atomic mass is 10.2. The molecule has 1 aliphatic rings. The van der Waals surface area contributed by atoms with E-state index in [4.69, 9.17) is 18.6 Å². The second-order valence-corrected chi connectivity index (χ2v) is 6.44. The first-order valence-corrected chi connectivity index (χ1v) is 9.42. The summed E-state index contributed by atoms with van der Waals surface area (Å²) in [5.74, 6) is 1.11. The van der Waals surface area contributed by atoms with Gasteiger partial charge in [0.15, 0.2) is 11.5 Å². The number of hydrogen-bond donors (Lipinski definition) is 1. The van der Waals surface area contributed by atoms with Crippen LogP contribution in [0.25, 0.3) is 6.08 Å². The number of rotatable bonds is 6. The van der Waals surface area contributed by atoms with Crippen LogP contribution in [0.5, 0.6) is 17.2 Å². The fourth-order valence-electron chi connectivity index (χ4n) is 2.70. The van der Waals surface area contributed by atoms with E-state index in [-0.39, 0.29) is 6.61 Å². The van der Waals surface area contributed by atoms with Crippen molar-refractivity contribution in [3.05, 3.63) is 84.3 Å². The Kier molecular flexibility index (Phi) is 6.08. The highest BCUT2D eigenvalue weighted by Crippen LogP contribution is 2.30. The number of carbonyl (C=O) groups is 2. The Morgan fingerprint density at radius 2 is 1.84 bits per heavy atom. The van der Waals surface area contributed by atoms with Gasteiger partial charge in [0.2, 0.25) is 6.10 Å². The summed E-state index contributed by atoms with van der Waals surface area (Å²) < 4.78 is 21.4. The van der Waals surface area contributed by atoms with Crippen molar-refractivity contribution in [3.63, 3.8) is 0 Å². The number of hydrazone groups is 1. The molecule has 0 spiro atoms. The number of benzene rings is 2. The van der Waals surface area contributed by atoms with Crippen molar-refractivity contribution in [3.8, 4) is 17.2 Å². The third-order valence-electron chi connectivity index (χ3n) is 4.21. The van der Waals surface area contributed by atoms with Crippen LogP contribution in [-0.4, -0.2) is 30.8 Å². The largest absolute Gasteiger partial charge is 0.485 e. The molecule has 0 bridgehead atoms. The highest BCUT2D eigenvalue weighted by Gasteiger charge is 2.26. The van der Waals surface area contributed by atoms with E-state index in [2.05, 4.69) is 10.5 Å². The minimum absolute atomic E-state index is 0.104. The van der Waals surface area contributed by atoms with Crippen LogP contribution in [0.4, 0.5) is 0 Å². The zero-order chi connectivity index (χ0) is 21.5. The second kappa shape index (κ2) is 9.45. The van der Waals surface area contributed by atoms with Gasteiger partial charge in [-0.1, -0.05) is 12.1 Å². The van der Waals surface area contributed by atoms with Gasteiger partial charge in [-0.25, -0.2) is 10.2 Å². The van der Waals surface area contributed by atoms with Crippen molar-refractivity contribution >= 4 is 24.2 Å². The summed E-state index contributed by atoms with van der Waals surface area (Å²) in [6.45, 7) is 0.104. The lowest BCUT2D eigenvalue weighted by Crippen LogP contribution is -2.42. The zero-order valence-corrected chi connectivity index (χ0v) is 16.3. The van der Waals surface area contributed by atoms with E-state index in [1.54, 1.807) is 54.6 Å². The predicted octanol–water partition coefficient (Wildman–Crippen LogP) is 3.19. The number of nitrogens with zero attached hydrogens (tertiary/aromatic N) is 1. The summed E-state index contributed by atoms with van der Waals surface area (Å²) in [5.41, 5.74) is 3.14. The minimum Gasteiger partial charge on any atom is -0.485 e. The molecule has 0 radical (unpaired) electrons. The van der Waals surface area contributed by atoms with E-state index in [1.165, 1.54) is 24.6 Å². The molecule has 8 nitrogen and oxygen atoms in total. The first-order valence-electron chi connectivity index (χ1n) is 9.42. The van der Waals surface area contributed by atoms with E-state index < -0.39 is 18.0 Å². The molecular weight excluding hydrogens is 400 g/mol. The molecule has 2 aromatic carbocycles. The summed E-state index contributed by atoms with van der Waals surface area (Å²) >= 11 is 0. The molecule has 0 saturated heterocycles. The number of hydrogen-bond acceptors (Lipinski definition) is 7. The fourth-order valence-corrected chi connectivity index (χ4v) is 2.70. The van der Waals surface area contributed by atoms with Crippen LogP contribution in [-0.2, 0) is 9.59 Å². The van der Waals surface area contributed by atoms with Crippen LogP contribution in [0.3, 0.4) is 0 Å². The molecule has 0 saturated carbocycles. The monoisotopic (exact) mass is 418 g/mol. The number of esters is 1. The molecule has 2 heterocycles. The van der Waals surface area contributed by atoms with Gasteiger partial charge in [-0.3, -0.25) is 4.79 Å². The predicted molar refractivity (Wildman–Crippen MR) is 112 cm³/mol.